The Kier molecular flexibility index (Phi) is 8.93. The monoisotopic (exact) mass is 554 g/mol. The smallest absolute Gasteiger partial charge is 0.144 e. The van der Waals surface area contributed by atoms with Gasteiger partial charge in [0.1, 0.15) is 11.9 Å². The SMILES string of the molecule is C[C@@H]1CC(c2ccc(C#N)c3ncccc23)CC[C@H](CC2CCCC(c3cc(C4CCNCC4)c(F)cn3)CC2)O1. The molecule has 2 aromatic heterocycles. The van der Waals surface area contributed by atoms with Crippen LogP contribution in [0.3, 0.4) is 0 Å². The predicted octanol–water partition coefficient (Wildman–Crippen LogP) is 7.90. The van der Waals surface area contributed by atoms with E-state index in [9.17, 15) is 9.65 Å². The molecule has 41 heavy (non-hydrogen) atoms. The van der Waals surface area contributed by atoms with Crippen LogP contribution < -0.4 is 5.32 Å². The van der Waals surface area contributed by atoms with Crippen LogP contribution in [0.15, 0.2) is 42.7 Å². The molecule has 5 nitrogen and oxygen atoms in total. The fourth-order valence-corrected chi connectivity index (χ4v) is 7.88. The second-order valence-electron chi connectivity index (χ2n) is 12.8. The van der Waals surface area contributed by atoms with Crippen LogP contribution >= 0.6 is 0 Å². The first-order valence-electron chi connectivity index (χ1n) is 15.9. The Hall–Kier alpha value is -2.88. The summed E-state index contributed by atoms with van der Waals surface area (Å²) in [6.45, 7) is 4.16. The quantitative estimate of drug-likeness (QED) is 0.325. The van der Waals surface area contributed by atoms with Crippen molar-refractivity contribution in [3.8, 4) is 6.07 Å². The molecule has 3 fully saturated rings. The fourth-order valence-electron chi connectivity index (χ4n) is 7.88. The molecule has 5 atom stereocenters. The van der Waals surface area contributed by atoms with Crippen LogP contribution in [0.2, 0.25) is 0 Å². The van der Waals surface area contributed by atoms with E-state index in [1.165, 1.54) is 31.0 Å². The van der Waals surface area contributed by atoms with Gasteiger partial charge in [0.15, 0.2) is 0 Å². The number of nitrogens with zero attached hydrogens (tertiary/aromatic N) is 3. The van der Waals surface area contributed by atoms with Crippen LogP contribution in [0.25, 0.3) is 10.9 Å². The van der Waals surface area contributed by atoms with Gasteiger partial charge in [-0.1, -0.05) is 25.0 Å². The van der Waals surface area contributed by atoms with Crippen molar-refractivity contribution in [1.82, 2.24) is 15.3 Å². The minimum atomic E-state index is -0.129. The Bertz CT molecular complexity index is 1380. The summed E-state index contributed by atoms with van der Waals surface area (Å²) in [5.74, 6) is 1.69. The van der Waals surface area contributed by atoms with Crippen molar-refractivity contribution >= 4 is 10.9 Å². The zero-order valence-electron chi connectivity index (χ0n) is 24.3. The van der Waals surface area contributed by atoms with E-state index >= 15 is 0 Å². The van der Waals surface area contributed by atoms with Crippen molar-refractivity contribution in [2.45, 2.75) is 108 Å². The summed E-state index contributed by atoms with van der Waals surface area (Å²) >= 11 is 0. The van der Waals surface area contributed by atoms with Gasteiger partial charge in [-0.05, 0) is 125 Å². The normalized spacial score (nSPS) is 28.1. The molecule has 0 amide bonds. The molecular formula is C35H43FN4O. The summed E-state index contributed by atoms with van der Waals surface area (Å²) in [6.07, 6.45) is 15.9. The molecule has 0 radical (unpaired) electrons. The van der Waals surface area contributed by atoms with E-state index in [1.54, 1.807) is 6.20 Å². The molecule has 1 N–H and O–H groups in total. The van der Waals surface area contributed by atoms with Gasteiger partial charge in [-0.15, -0.1) is 0 Å². The number of ether oxygens (including phenoxy) is 1. The van der Waals surface area contributed by atoms with Gasteiger partial charge >= 0.3 is 0 Å². The molecule has 1 aliphatic carbocycles. The van der Waals surface area contributed by atoms with Crippen LogP contribution in [-0.4, -0.2) is 35.3 Å². The highest BCUT2D eigenvalue weighted by atomic mass is 19.1. The number of pyridine rings is 2. The van der Waals surface area contributed by atoms with E-state index in [2.05, 4.69) is 46.5 Å². The molecule has 216 valence electrons. The lowest BCUT2D eigenvalue weighted by Gasteiger charge is -2.25. The van der Waals surface area contributed by atoms with E-state index in [4.69, 9.17) is 4.74 Å². The number of halogens is 1. The van der Waals surface area contributed by atoms with Crippen LogP contribution in [-0.2, 0) is 4.74 Å². The van der Waals surface area contributed by atoms with E-state index in [0.29, 0.717) is 29.2 Å². The molecule has 4 heterocycles. The van der Waals surface area contributed by atoms with Crippen LogP contribution in [0, 0.1) is 23.1 Å². The van der Waals surface area contributed by atoms with Crippen molar-refractivity contribution in [3.63, 3.8) is 0 Å². The highest BCUT2D eigenvalue weighted by Crippen LogP contribution is 2.41. The second kappa shape index (κ2) is 13.0. The van der Waals surface area contributed by atoms with Gasteiger partial charge in [0, 0.05) is 23.2 Å². The zero-order chi connectivity index (χ0) is 28.2. The molecule has 6 rings (SSSR count). The average molecular weight is 555 g/mol. The highest BCUT2D eigenvalue weighted by molar-refractivity contribution is 5.87. The number of nitriles is 1. The van der Waals surface area contributed by atoms with Crippen LogP contribution in [0.4, 0.5) is 4.39 Å². The first kappa shape index (κ1) is 28.2. The number of benzene rings is 1. The van der Waals surface area contributed by atoms with Gasteiger partial charge in [0.2, 0.25) is 0 Å². The van der Waals surface area contributed by atoms with Crippen LogP contribution in [0.5, 0.6) is 0 Å². The van der Waals surface area contributed by atoms with Crippen molar-refractivity contribution in [2.24, 2.45) is 5.92 Å². The van der Waals surface area contributed by atoms with Gasteiger partial charge in [-0.2, -0.15) is 5.26 Å². The summed E-state index contributed by atoms with van der Waals surface area (Å²) in [5, 5.41) is 14.1. The van der Waals surface area contributed by atoms with Crippen molar-refractivity contribution in [1.29, 1.82) is 5.26 Å². The maximum absolute atomic E-state index is 14.7. The predicted molar refractivity (Wildman–Crippen MR) is 160 cm³/mol. The Morgan fingerprint density at radius 1 is 0.951 bits per heavy atom. The number of hydrogen-bond acceptors (Lipinski definition) is 5. The lowest BCUT2D eigenvalue weighted by atomic mass is 9.85. The molecule has 2 saturated heterocycles. The summed E-state index contributed by atoms with van der Waals surface area (Å²) in [6, 6.07) is 12.6. The van der Waals surface area contributed by atoms with Gasteiger partial charge in [-0.25, -0.2) is 4.39 Å². The molecule has 6 heteroatoms. The molecule has 3 aliphatic rings. The van der Waals surface area contributed by atoms with Crippen molar-refractivity contribution < 1.29 is 9.13 Å². The minimum Gasteiger partial charge on any atom is -0.375 e. The second-order valence-corrected chi connectivity index (χ2v) is 12.8. The minimum absolute atomic E-state index is 0.129. The number of aromatic nitrogens is 2. The molecule has 1 saturated carbocycles. The van der Waals surface area contributed by atoms with E-state index in [0.717, 1.165) is 86.6 Å². The molecule has 0 bridgehead atoms. The van der Waals surface area contributed by atoms with Gasteiger partial charge in [0.05, 0.1) is 29.5 Å². The highest BCUT2D eigenvalue weighted by Gasteiger charge is 2.30. The molecular weight excluding hydrogens is 511 g/mol. The van der Waals surface area contributed by atoms with E-state index in [-0.39, 0.29) is 18.0 Å². The topological polar surface area (TPSA) is 70.8 Å². The number of fused-ring (bicyclic) bond motifs is 1. The van der Waals surface area contributed by atoms with Gasteiger partial charge < -0.3 is 10.1 Å². The fraction of sp³-hybridized carbons (Fsp3) is 0.571. The Labute approximate surface area is 243 Å². The Morgan fingerprint density at radius 2 is 1.80 bits per heavy atom. The summed E-state index contributed by atoms with van der Waals surface area (Å²) in [4.78, 5) is 9.13. The van der Waals surface area contributed by atoms with Gasteiger partial charge in [-0.3, -0.25) is 9.97 Å². The number of piperidine rings is 1. The standard InChI is InChI=1S/C35H43FN4O/c1-23-18-27(30-12-10-28(21-37)35-31(30)6-3-15-39-35)9-11-29(41-23)19-24-4-2-5-26(8-7-24)34-20-32(33(36)22-40-34)25-13-16-38-17-14-25/h3,6,10,12,15,20,22-27,29,38H,2,4-5,7-9,11,13-14,16-19H2,1H3/t23-,24?,26?,27?,29-/m1/s1. The molecule has 0 spiro atoms. The van der Waals surface area contributed by atoms with E-state index < -0.39 is 0 Å². The maximum Gasteiger partial charge on any atom is 0.144 e. The van der Waals surface area contributed by atoms with Crippen molar-refractivity contribution in [3.05, 3.63) is 70.9 Å². The van der Waals surface area contributed by atoms with E-state index in [1.807, 2.05) is 12.1 Å². The van der Waals surface area contributed by atoms with Crippen molar-refractivity contribution in [2.75, 3.05) is 13.1 Å². The molecule has 2 aliphatic heterocycles. The Balaban J connectivity index is 1.09. The zero-order valence-corrected chi connectivity index (χ0v) is 24.3. The van der Waals surface area contributed by atoms with Gasteiger partial charge in [0.25, 0.3) is 0 Å². The first-order chi connectivity index (χ1) is 20.1. The maximum atomic E-state index is 14.7. The molecule has 3 unspecified atom stereocenters. The Morgan fingerprint density at radius 3 is 2.66 bits per heavy atom. The lowest BCUT2D eigenvalue weighted by Crippen LogP contribution is -2.27. The summed E-state index contributed by atoms with van der Waals surface area (Å²) in [7, 11) is 0. The first-order valence-corrected chi connectivity index (χ1v) is 15.9. The number of hydrogen-bond donors (Lipinski definition) is 1. The third-order valence-electron chi connectivity index (χ3n) is 10.0. The number of rotatable bonds is 5. The average Bonchev–Trinajstić information content (AvgIpc) is 3.35. The molecule has 1 aromatic carbocycles. The van der Waals surface area contributed by atoms with Crippen LogP contribution in [0.1, 0.15) is 118 Å². The third-order valence-corrected chi connectivity index (χ3v) is 10.0. The third kappa shape index (κ3) is 6.47. The largest absolute Gasteiger partial charge is 0.375 e. The summed E-state index contributed by atoms with van der Waals surface area (Å²) < 4.78 is 21.4. The lowest BCUT2D eigenvalue weighted by molar-refractivity contribution is -0.0122. The molecule has 3 aromatic rings. The summed E-state index contributed by atoms with van der Waals surface area (Å²) in [5.41, 5.74) is 4.75. The number of nitrogens with one attached hydrogen (secondary N) is 1.